The van der Waals surface area contributed by atoms with Crippen molar-refractivity contribution in [3.8, 4) is 0 Å². The molecule has 1 aromatic rings. The topological polar surface area (TPSA) is 38.9 Å². The highest BCUT2D eigenvalue weighted by Crippen LogP contribution is 1.96. The minimum absolute atomic E-state index is 0.524. The summed E-state index contributed by atoms with van der Waals surface area (Å²) in [5, 5.41) is 0. The Balaban J connectivity index is 3.03. The van der Waals surface area contributed by atoms with E-state index in [-0.39, 0.29) is 0 Å². The summed E-state index contributed by atoms with van der Waals surface area (Å²) in [6.07, 6.45) is 2.72. The van der Waals surface area contributed by atoms with Crippen LogP contribution in [0.5, 0.6) is 0 Å². The molecule has 0 saturated heterocycles. The first kappa shape index (κ1) is 5.09. The number of nitrogens with zero attached hydrogens (tertiary/aromatic N) is 1. The Bertz CT molecular complexity index is 145. The monoisotopic (exact) mass is 107 g/mol. The number of pyridine rings is 1. The van der Waals surface area contributed by atoms with E-state index in [0.29, 0.717) is 5.82 Å². The molecule has 0 aliphatic carbocycles. The van der Waals surface area contributed by atoms with Gasteiger partial charge in [-0.1, -0.05) is 6.07 Å². The van der Waals surface area contributed by atoms with Gasteiger partial charge in [-0.3, -0.25) is 0 Å². The number of hydrogen-bond acceptors (Lipinski definition) is 2. The maximum atomic E-state index is 5.28. The molecule has 0 fully saturated rings. The first-order chi connectivity index (χ1) is 3.79. The zero-order chi connectivity index (χ0) is 5.98. The number of hydrogen-bond donors (Lipinski definition) is 1. The molecule has 8 heavy (non-hydrogen) atoms. The number of nitrogens with two attached hydrogens (primary N) is 1. The fourth-order valence-corrected chi connectivity index (χ4v) is 0.438. The third kappa shape index (κ3) is 0.964. The van der Waals surface area contributed by atoms with Crippen LogP contribution in [-0.2, 0) is 0 Å². The van der Waals surface area contributed by atoms with Gasteiger partial charge < -0.3 is 5.73 Å². The lowest BCUT2D eigenvalue weighted by Crippen LogP contribution is -1.88. The summed E-state index contributed by atoms with van der Waals surface area (Å²) >= 11 is 0. The second kappa shape index (κ2) is 1.82. The van der Waals surface area contributed by atoms with Gasteiger partial charge >= 0.3 is 0 Å². The minimum atomic E-state index is 0.524. The van der Waals surface area contributed by atoms with E-state index in [1.54, 1.807) is 6.07 Å². The summed E-state index contributed by atoms with van der Waals surface area (Å²) in [6, 6.07) is 3.63. The van der Waals surface area contributed by atoms with Gasteiger partial charge in [-0.2, -0.15) is 0 Å². The van der Waals surface area contributed by atoms with Crippen LogP contribution in [-0.4, -0.2) is 4.98 Å². The van der Waals surface area contributed by atoms with Crippen LogP contribution in [0, 0.1) is 13.1 Å². The van der Waals surface area contributed by atoms with E-state index in [4.69, 9.17) is 5.73 Å². The lowest BCUT2D eigenvalue weighted by atomic mass is 10.3. The highest BCUT2D eigenvalue weighted by atomic mass is 14.8. The zero-order valence-electron chi connectivity index (χ0n) is 4.68. The lowest BCUT2D eigenvalue weighted by Gasteiger charge is -1.88. The summed E-state index contributed by atoms with van der Waals surface area (Å²) < 4.78 is 0. The normalized spacial score (nSPS) is 9.12. The van der Waals surface area contributed by atoms with Gasteiger partial charge in [-0.25, -0.2) is 4.98 Å². The maximum absolute atomic E-state index is 5.28. The quantitative estimate of drug-likeness (QED) is 0.532. The molecule has 0 amide bonds. The van der Waals surface area contributed by atoms with Gasteiger partial charge in [-0.15, -0.1) is 0 Å². The van der Waals surface area contributed by atoms with Crippen molar-refractivity contribution in [2.45, 2.75) is 6.92 Å². The van der Waals surface area contributed by atoms with Crippen molar-refractivity contribution in [3.05, 3.63) is 23.9 Å². The lowest BCUT2D eigenvalue weighted by molar-refractivity contribution is 1.26. The summed E-state index contributed by atoms with van der Waals surface area (Å²) in [4.78, 5) is 3.73. The fourth-order valence-electron chi connectivity index (χ4n) is 0.438. The van der Waals surface area contributed by atoms with Crippen molar-refractivity contribution in [2.75, 3.05) is 5.73 Å². The molecule has 0 saturated carbocycles. The van der Waals surface area contributed by atoms with E-state index >= 15 is 0 Å². The molecular weight excluding hydrogens is 100 g/mol. The molecule has 1 rings (SSSR count). The van der Waals surface area contributed by atoms with E-state index < -0.39 is 0 Å². The summed E-state index contributed by atoms with van der Waals surface area (Å²) in [7, 11) is 0. The van der Waals surface area contributed by atoms with Crippen molar-refractivity contribution in [1.29, 1.82) is 0 Å². The van der Waals surface area contributed by atoms with Gasteiger partial charge in [-0.05, 0) is 18.6 Å². The van der Waals surface area contributed by atoms with Gasteiger partial charge in [0.15, 0.2) is 0 Å². The largest absolute Gasteiger partial charge is 0.384 e. The fraction of sp³-hybridized carbons (Fsp3) is 0.167. The maximum Gasteiger partial charge on any atom is 0.124 e. The Labute approximate surface area is 48.4 Å². The van der Waals surface area contributed by atoms with Crippen LogP contribution in [0.3, 0.4) is 0 Å². The predicted octanol–water partition coefficient (Wildman–Crippen LogP) is 0.772. The molecule has 0 aromatic carbocycles. The Morgan fingerprint density at radius 3 is 2.75 bits per heavy atom. The average molecular weight is 107 g/mol. The van der Waals surface area contributed by atoms with Crippen LogP contribution in [0.15, 0.2) is 12.1 Å². The number of aromatic nitrogens is 1. The molecule has 2 heteroatoms. The van der Waals surface area contributed by atoms with E-state index in [2.05, 4.69) is 11.2 Å². The molecule has 0 unspecified atom stereocenters. The number of nitrogen functional groups attached to an aromatic ring is 1. The molecule has 1 radical (unpaired) electrons. The Morgan fingerprint density at radius 2 is 2.38 bits per heavy atom. The van der Waals surface area contributed by atoms with E-state index in [9.17, 15) is 0 Å². The standard InChI is InChI=1S/C6H7N2/c1-5-2-3-6(7)8-4-5/h2-3H,1H3,(H2,7,8). The molecule has 1 aromatic heterocycles. The molecule has 0 bridgehead atoms. The van der Waals surface area contributed by atoms with Crippen molar-refractivity contribution < 1.29 is 0 Å². The average Bonchev–Trinajstić information content (AvgIpc) is 1.77. The van der Waals surface area contributed by atoms with Crippen LogP contribution < -0.4 is 5.73 Å². The minimum Gasteiger partial charge on any atom is -0.384 e. The van der Waals surface area contributed by atoms with Gasteiger partial charge in [0.2, 0.25) is 0 Å². The first-order valence-corrected chi connectivity index (χ1v) is 2.40. The highest BCUT2D eigenvalue weighted by molar-refractivity contribution is 5.27. The van der Waals surface area contributed by atoms with E-state index in [1.807, 2.05) is 13.0 Å². The van der Waals surface area contributed by atoms with Crippen LogP contribution in [0.4, 0.5) is 5.82 Å². The van der Waals surface area contributed by atoms with Crippen molar-refractivity contribution in [1.82, 2.24) is 4.98 Å². The molecule has 0 atom stereocenters. The van der Waals surface area contributed by atoms with Gasteiger partial charge in [0.05, 0.1) is 6.20 Å². The summed E-state index contributed by atoms with van der Waals surface area (Å²) in [5.74, 6) is 0.524. The van der Waals surface area contributed by atoms with E-state index in [0.717, 1.165) is 5.56 Å². The van der Waals surface area contributed by atoms with Gasteiger partial charge in [0.25, 0.3) is 0 Å². The molecule has 0 spiro atoms. The van der Waals surface area contributed by atoms with Crippen LogP contribution in [0.25, 0.3) is 0 Å². The highest BCUT2D eigenvalue weighted by Gasteiger charge is 1.82. The Morgan fingerprint density at radius 1 is 1.62 bits per heavy atom. The Kier molecular flexibility index (Phi) is 1.16. The molecule has 0 aliphatic rings. The van der Waals surface area contributed by atoms with Crippen LogP contribution >= 0.6 is 0 Å². The SMILES string of the molecule is Cc1[c]nc(N)cc1. The molecule has 41 valence electrons. The third-order valence-corrected chi connectivity index (χ3v) is 0.865. The predicted molar refractivity (Wildman–Crippen MR) is 32.2 cm³/mol. The number of aryl methyl sites for hydroxylation is 1. The second-order valence-electron chi connectivity index (χ2n) is 1.66. The first-order valence-electron chi connectivity index (χ1n) is 2.40. The molecule has 1 heterocycles. The second-order valence-corrected chi connectivity index (χ2v) is 1.66. The number of anilines is 1. The van der Waals surface area contributed by atoms with Gasteiger partial charge in [0, 0.05) is 0 Å². The Hall–Kier alpha value is -1.05. The summed E-state index contributed by atoms with van der Waals surface area (Å²) in [5.41, 5.74) is 6.30. The van der Waals surface area contributed by atoms with Crippen LogP contribution in [0.2, 0.25) is 0 Å². The van der Waals surface area contributed by atoms with Crippen LogP contribution in [0.1, 0.15) is 5.56 Å². The summed E-state index contributed by atoms with van der Waals surface area (Å²) in [6.45, 7) is 1.92. The molecule has 2 N–H and O–H groups in total. The number of rotatable bonds is 0. The van der Waals surface area contributed by atoms with Crippen molar-refractivity contribution >= 4 is 5.82 Å². The molecule has 0 aliphatic heterocycles. The van der Waals surface area contributed by atoms with E-state index in [1.165, 1.54) is 0 Å². The molecule has 2 nitrogen and oxygen atoms in total. The molecular formula is C6H7N2. The third-order valence-electron chi connectivity index (χ3n) is 0.865. The smallest absolute Gasteiger partial charge is 0.124 e. The zero-order valence-corrected chi connectivity index (χ0v) is 4.68. The van der Waals surface area contributed by atoms with Crippen molar-refractivity contribution in [3.63, 3.8) is 0 Å². The van der Waals surface area contributed by atoms with Crippen molar-refractivity contribution in [2.24, 2.45) is 0 Å². The van der Waals surface area contributed by atoms with Gasteiger partial charge in [0.1, 0.15) is 5.82 Å².